The Hall–Kier alpha value is -1.03. The molecular formula is C14H16BrNO2. The van der Waals surface area contributed by atoms with Gasteiger partial charge in [0.15, 0.2) is 0 Å². The molecule has 2 aliphatic heterocycles. The number of methoxy groups -OCH3 is 1. The molecule has 2 aliphatic rings. The zero-order chi connectivity index (χ0) is 12.7. The molecule has 0 amide bonds. The number of carbonyl (C=O) groups excluding carboxylic acids is 1. The predicted octanol–water partition coefficient (Wildman–Crippen LogP) is 3.16. The highest BCUT2D eigenvalue weighted by atomic mass is 79.9. The standard InChI is InChI=1S/C14H16BrNO2/c1-18-14-5-2-9(15)6-13(14)16-10-3-4-11(16)8-12(17)7-10/h2,5-6,10-11H,3-4,7-8H2,1H3. The molecule has 0 spiro atoms. The van der Waals surface area contributed by atoms with Crippen LogP contribution in [0.25, 0.3) is 0 Å². The highest BCUT2D eigenvalue weighted by Gasteiger charge is 2.41. The SMILES string of the molecule is COc1ccc(Br)cc1N1C2CCC1CC(=O)C2. The molecule has 2 bridgehead atoms. The molecule has 3 nitrogen and oxygen atoms in total. The van der Waals surface area contributed by atoms with Gasteiger partial charge < -0.3 is 9.64 Å². The Balaban J connectivity index is 2.00. The van der Waals surface area contributed by atoms with Crippen LogP contribution in [0.15, 0.2) is 22.7 Å². The van der Waals surface area contributed by atoms with Gasteiger partial charge in [-0.1, -0.05) is 15.9 Å². The van der Waals surface area contributed by atoms with Gasteiger partial charge in [-0.05, 0) is 31.0 Å². The van der Waals surface area contributed by atoms with E-state index < -0.39 is 0 Å². The number of anilines is 1. The van der Waals surface area contributed by atoms with Crippen molar-refractivity contribution in [3.63, 3.8) is 0 Å². The Labute approximate surface area is 115 Å². The monoisotopic (exact) mass is 309 g/mol. The molecule has 0 radical (unpaired) electrons. The zero-order valence-electron chi connectivity index (χ0n) is 10.4. The van der Waals surface area contributed by atoms with E-state index in [0.29, 0.717) is 30.7 Å². The first kappa shape index (κ1) is 12.0. The first-order chi connectivity index (χ1) is 8.69. The Morgan fingerprint density at radius 3 is 2.56 bits per heavy atom. The van der Waals surface area contributed by atoms with Gasteiger partial charge in [0.25, 0.3) is 0 Å². The second-order valence-corrected chi connectivity index (χ2v) is 5.97. The van der Waals surface area contributed by atoms with Crippen molar-refractivity contribution in [2.45, 2.75) is 37.8 Å². The zero-order valence-corrected chi connectivity index (χ0v) is 11.9. The molecule has 96 valence electrons. The van der Waals surface area contributed by atoms with E-state index in [4.69, 9.17) is 4.74 Å². The van der Waals surface area contributed by atoms with Crippen molar-refractivity contribution in [2.24, 2.45) is 0 Å². The molecule has 2 unspecified atom stereocenters. The van der Waals surface area contributed by atoms with Crippen LogP contribution < -0.4 is 9.64 Å². The van der Waals surface area contributed by atoms with E-state index in [9.17, 15) is 4.79 Å². The molecule has 0 N–H and O–H groups in total. The van der Waals surface area contributed by atoms with E-state index in [1.165, 1.54) is 0 Å². The van der Waals surface area contributed by atoms with Crippen molar-refractivity contribution in [3.8, 4) is 5.75 Å². The fraction of sp³-hybridized carbons (Fsp3) is 0.500. The summed E-state index contributed by atoms with van der Waals surface area (Å²) >= 11 is 3.52. The van der Waals surface area contributed by atoms with Gasteiger partial charge >= 0.3 is 0 Å². The summed E-state index contributed by atoms with van der Waals surface area (Å²) in [5.74, 6) is 1.30. The van der Waals surface area contributed by atoms with E-state index in [0.717, 1.165) is 28.8 Å². The third-order valence-electron chi connectivity index (χ3n) is 3.97. The topological polar surface area (TPSA) is 29.5 Å². The lowest BCUT2D eigenvalue weighted by Gasteiger charge is -2.36. The van der Waals surface area contributed by atoms with Crippen molar-refractivity contribution < 1.29 is 9.53 Å². The van der Waals surface area contributed by atoms with Crippen LogP contribution in [0.3, 0.4) is 0 Å². The Kier molecular flexibility index (Phi) is 3.06. The molecular weight excluding hydrogens is 294 g/mol. The van der Waals surface area contributed by atoms with Crippen molar-refractivity contribution in [2.75, 3.05) is 12.0 Å². The minimum absolute atomic E-state index is 0.361. The van der Waals surface area contributed by atoms with Gasteiger partial charge in [0, 0.05) is 29.4 Å². The number of piperidine rings is 1. The number of hydrogen-bond donors (Lipinski definition) is 0. The summed E-state index contributed by atoms with van der Waals surface area (Å²) in [5, 5.41) is 0. The van der Waals surface area contributed by atoms with Crippen LogP contribution in [0.5, 0.6) is 5.75 Å². The van der Waals surface area contributed by atoms with Crippen LogP contribution in [0, 0.1) is 0 Å². The smallest absolute Gasteiger partial charge is 0.142 e. The average Bonchev–Trinajstić information content (AvgIpc) is 2.61. The van der Waals surface area contributed by atoms with Crippen molar-refractivity contribution in [3.05, 3.63) is 22.7 Å². The number of rotatable bonds is 2. The summed E-state index contributed by atoms with van der Waals surface area (Å²) < 4.78 is 6.51. The second-order valence-electron chi connectivity index (χ2n) is 5.06. The van der Waals surface area contributed by atoms with Gasteiger partial charge in [0.1, 0.15) is 11.5 Å². The van der Waals surface area contributed by atoms with E-state index in [1.807, 2.05) is 12.1 Å². The van der Waals surface area contributed by atoms with E-state index in [2.05, 4.69) is 26.9 Å². The van der Waals surface area contributed by atoms with E-state index in [-0.39, 0.29) is 0 Å². The number of benzene rings is 1. The molecule has 0 saturated carbocycles. The third-order valence-corrected chi connectivity index (χ3v) is 4.46. The molecule has 1 aromatic rings. The quantitative estimate of drug-likeness (QED) is 0.840. The van der Waals surface area contributed by atoms with Gasteiger partial charge in [0.05, 0.1) is 12.8 Å². The maximum absolute atomic E-state index is 11.7. The summed E-state index contributed by atoms with van der Waals surface area (Å²) in [4.78, 5) is 14.0. The summed E-state index contributed by atoms with van der Waals surface area (Å²) in [5.41, 5.74) is 1.12. The summed E-state index contributed by atoms with van der Waals surface area (Å²) in [7, 11) is 1.70. The molecule has 2 fully saturated rings. The maximum atomic E-state index is 11.7. The lowest BCUT2D eigenvalue weighted by molar-refractivity contribution is -0.120. The normalized spacial score (nSPS) is 26.6. The number of ether oxygens (including phenoxy) is 1. The van der Waals surface area contributed by atoms with Crippen LogP contribution >= 0.6 is 15.9 Å². The Bertz CT molecular complexity index is 473. The summed E-state index contributed by atoms with van der Waals surface area (Å²) in [6.45, 7) is 0. The van der Waals surface area contributed by atoms with Gasteiger partial charge in [-0.25, -0.2) is 0 Å². The molecule has 1 aromatic carbocycles. The average molecular weight is 310 g/mol. The predicted molar refractivity (Wildman–Crippen MR) is 74.2 cm³/mol. The minimum Gasteiger partial charge on any atom is -0.495 e. The first-order valence-corrected chi connectivity index (χ1v) is 7.12. The Morgan fingerprint density at radius 2 is 1.94 bits per heavy atom. The van der Waals surface area contributed by atoms with Crippen molar-refractivity contribution >= 4 is 27.4 Å². The summed E-state index contributed by atoms with van der Waals surface area (Å²) in [6.07, 6.45) is 3.61. The number of Topliss-reactive ketones (excluding diaryl/α,β-unsaturated/α-hetero) is 1. The van der Waals surface area contributed by atoms with Crippen LogP contribution in [-0.2, 0) is 4.79 Å². The van der Waals surface area contributed by atoms with Crippen LogP contribution in [0.4, 0.5) is 5.69 Å². The van der Waals surface area contributed by atoms with Crippen molar-refractivity contribution in [1.82, 2.24) is 0 Å². The van der Waals surface area contributed by atoms with Gasteiger partial charge in [-0.15, -0.1) is 0 Å². The molecule has 0 aliphatic carbocycles. The van der Waals surface area contributed by atoms with Crippen LogP contribution in [-0.4, -0.2) is 25.0 Å². The van der Waals surface area contributed by atoms with E-state index in [1.54, 1.807) is 7.11 Å². The lowest BCUT2D eigenvalue weighted by atomic mass is 10.0. The fourth-order valence-corrected chi connectivity index (χ4v) is 3.58. The van der Waals surface area contributed by atoms with Crippen molar-refractivity contribution in [1.29, 1.82) is 0 Å². The van der Waals surface area contributed by atoms with E-state index >= 15 is 0 Å². The number of nitrogens with zero attached hydrogens (tertiary/aromatic N) is 1. The number of fused-ring (bicyclic) bond motifs is 2. The van der Waals surface area contributed by atoms with Crippen LogP contribution in [0.1, 0.15) is 25.7 Å². The lowest BCUT2D eigenvalue weighted by Crippen LogP contribution is -2.43. The van der Waals surface area contributed by atoms with Gasteiger partial charge in [-0.3, -0.25) is 4.79 Å². The molecule has 18 heavy (non-hydrogen) atoms. The number of halogens is 1. The molecule has 2 atom stereocenters. The largest absolute Gasteiger partial charge is 0.495 e. The number of carbonyl (C=O) groups is 1. The van der Waals surface area contributed by atoms with Gasteiger partial charge in [-0.2, -0.15) is 0 Å². The fourth-order valence-electron chi connectivity index (χ4n) is 3.23. The first-order valence-electron chi connectivity index (χ1n) is 6.32. The molecule has 2 heterocycles. The summed E-state index contributed by atoms with van der Waals surface area (Å²) in [6, 6.07) is 6.79. The minimum atomic E-state index is 0.361. The maximum Gasteiger partial charge on any atom is 0.142 e. The van der Waals surface area contributed by atoms with Gasteiger partial charge in [0.2, 0.25) is 0 Å². The number of ketones is 1. The highest BCUT2D eigenvalue weighted by Crippen LogP contribution is 2.42. The molecule has 2 saturated heterocycles. The molecule has 0 aromatic heterocycles. The third kappa shape index (κ3) is 1.92. The number of hydrogen-bond acceptors (Lipinski definition) is 3. The highest BCUT2D eigenvalue weighted by molar-refractivity contribution is 9.10. The molecule has 4 heteroatoms. The van der Waals surface area contributed by atoms with Crippen LogP contribution in [0.2, 0.25) is 0 Å². The Morgan fingerprint density at radius 1 is 1.28 bits per heavy atom. The second kappa shape index (κ2) is 4.57. The molecule has 3 rings (SSSR count).